The maximum Gasteiger partial charge on any atom is 0.126 e. The number of allylic oxidation sites excluding steroid dienone is 1. The topological polar surface area (TPSA) is 35.2 Å². The Morgan fingerprint density at radius 1 is 1.46 bits per heavy atom. The van der Waals surface area contributed by atoms with Crippen LogP contribution in [0.15, 0.2) is 24.3 Å². The number of hydrogen-bond donors (Lipinski definition) is 1. The summed E-state index contributed by atoms with van der Waals surface area (Å²) in [4.78, 5) is 0. The monoisotopic (exact) mass is 175 g/mol. The molecule has 1 aromatic rings. The third-order valence-electron chi connectivity index (χ3n) is 2.44. The molecule has 0 saturated heterocycles. The molecule has 2 rings (SSSR count). The number of ether oxygens (including phenoxy) is 1. The maximum absolute atomic E-state index is 5.65. The molecule has 0 fully saturated rings. The normalized spacial score (nSPS) is 13.8. The quantitative estimate of drug-likeness (QED) is 0.740. The second-order valence-corrected chi connectivity index (χ2v) is 3.13. The van der Waals surface area contributed by atoms with Gasteiger partial charge in [0, 0.05) is 12.1 Å². The Bertz CT molecular complexity index is 355. The van der Waals surface area contributed by atoms with E-state index in [4.69, 9.17) is 10.5 Å². The van der Waals surface area contributed by atoms with Crippen molar-refractivity contribution in [1.29, 1.82) is 0 Å². The molecule has 0 saturated carbocycles. The number of rotatable bonds is 2. The third kappa shape index (κ3) is 1.23. The lowest BCUT2D eigenvalue weighted by atomic mass is 10.0. The van der Waals surface area contributed by atoms with Gasteiger partial charge in [0.1, 0.15) is 5.75 Å². The second kappa shape index (κ2) is 3.23. The van der Waals surface area contributed by atoms with Crippen molar-refractivity contribution >= 4 is 5.57 Å². The molecule has 2 N–H and O–H groups in total. The van der Waals surface area contributed by atoms with Gasteiger partial charge in [-0.2, -0.15) is 0 Å². The summed E-state index contributed by atoms with van der Waals surface area (Å²) in [6.07, 6.45) is 3.16. The third-order valence-corrected chi connectivity index (χ3v) is 2.44. The first-order valence-corrected chi connectivity index (χ1v) is 4.42. The molecule has 0 atom stereocenters. The number of nitrogens with two attached hydrogens (primary N) is 1. The van der Waals surface area contributed by atoms with Gasteiger partial charge in [0.2, 0.25) is 0 Å². The molecule has 1 aromatic carbocycles. The molecule has 0 aliphatic heterocycles. The van der Waals surface area contributed by atoms with Gasteiger partial charge in [0.05, 0.1) is 7.11 Å². The van der Waals surface area contributed by atoms with Crippen LogP contribution in [-0.4, -0.2) is 13.7 Å². The fraction of sp³-hybridized carbons (Fsp3) is 0.273. The van der Waals surface area contributed by atoms with E-state index in [1.807, 2.05) is 12.1 Å². The lowest BCUT2D eigenvalue weighted by molar-refractivity contribution is 0.413. The zero-order valence-corrected chi connectivity index (χ0v) is 7.71. The van der Waals surface area contributed by atoms with E-state index in [9.17, 15) is 0 Å². The van der Waals surface area contributed by atoms with Gasteiger partial charge in [-0.15, -0.1) is 0 Å². The van der Waals surface area contributed by atoms with E-state index in [2.05, 4.69) is 12.1 Å². The predicted molar refractivity (Wildman–Crippen MR) is 53.7 cm³/mol. The molecule has 0 radical (unpaired) electrons. The molecule has 0 aromatic heterocycles. The van der Waals surface area contributed by atoms with E-state index in [1.165, 1.54) is 16.7 Å². The first-order chi connectivity index (χ1) is 6.36. The first kappa shape index (κ1) is 8.32. The van der Waals surface area contributed by atoms with Crippen LogP contribution >= 0.6 is 0 Å². The van der Waals surface area contributed by atoms with E-state index in [0.29, 0.717) is 6.54 Å². The van der Waals surface area contributed by atoms with Gasteiger partial charge in [-0.3, -0.25) is 0 Å². The van der Waals surface area contributed by atoms with Crippen molar-refractivity contribution < 1.29 is 4.74 Å². The Hall–Kier alpha value is -1.28. The average molecular weight is 175 g/mol. The molecule has 0 spiro atoms. The van der Waals surface area contributed by atoms with Gasteiger partial charge >= 0.3 is 0 Å². The number of hydrogen-bond acceptors (Lipinski definition) is 2. The molecule has 0 bridgehead atoms. The van der Waals surface area contributed by atoms with E-state index >= 15 is 0 Å². The van der Waals surface area contributed by atoms with Gasteiger partial charge in [-0.1, -0.05) is 18.2 Å². The highest BCUT2D eigenvalue weighted by Crippen LogP contribution is 2.34. The summed E-state index contributed by atoms with van der Waals surface area (Å²) >= 11 is 0. The number of methoxy groups -OCH3 is 1. The largest absolute Gasteiger partial charge is 0.496 e. The van der Waals surface area contributed by atoms with Crippen LogP contribution in [0.2, 0.25) is 0 Å². The van der Waals surface area contributed by atoms with E-state index in [0.717, 1.165) is 12.2 Å². The van der Waals surface area contributed by atoms with Crippen LogP contribution < -0.4 is 10.5 Å². The number of fused-ring (bicyclic) bond motifs is 1. The van der Waals surface area contributed by atoms with Gasteiger partial charge in [0.25, 0.3) is 0 Å². The Morgan fingerprint density at radius 2 is 2.31 bits per heavy atom. The smallest absolute Gasteiger partial charge is 0.126 e. The second-order valence-electron chi connectivity index (χ2n) is 3.13. The summed E-state index contributed by atoms with van der Waals surface area (Å²) in [6, 6.07) is 6.12. The van der Waals surface area contributed by atoms with Crippen molar-refractivity contribution in [3.8, 4) is 5.75 Å². The van der Waals surface area contributed by atoms with Crippen LogP contribution in [0.5, 0.6) is 5.75 Å². The van der Waals surface area contributed by atoms with Crippen molar-refractivity contribution in [3.05, 3.63) is 35.4 Å². The van der Waals surface area contributed by atoms with Gasteiger partial charge in [-0.25, -0.2) is 0 Å². The molecule has 0 unspecified atom stereocenters. The van der Waals surface area contributed by atoms with Crippen molar-refractivity contribution in [3.63, 3.8) is 0 Å². The van der Waals surface area contributed by atoms with Crippen LogP contribution in [0.4, 0.5) is 0 Å². The summed E-state index contributed by atoms with van der Waals surface area (Å²) in [7, 11) is 1.70. The number of benzene rings is 1. The Labute approximate surface area is 78.0 Å². The molecular formula is C11H13NO. The van der Waals surface area contributed by atoms with Crippen molar-refractivity contribution in [2.75, 3.05) is 13.7 Å². The predicted octanol–water partition coefficient (Wildman–Crippen LogP) is 1.59. The van der Waals surface area contributed by atoms with Crippen molar-refractivity contribution in [2.24, 2.45) is 5.73 Å². The minimum Gasteiger partial charge on any atom is -0.496 e. The average Bonchev–Trinajstić information content (AvgIpc) is 2.60. The Balaban J connectivity index is 2.53. The summed E-state index contributed by atoms with van der Waals surface area (Å²) in [6.45, 7) is 0.591. The maximum atomic E-state index is 5.65. The highest BCUT2D eigenvalue weighted by molar-refractivity contribution is 5.78. The van der Waals surface area contributed by atoms with Crippen LogP contribution in [0.25, 0.3) is 5.57 Å². The van der Waals surface area contributed by atoms with Gasteiger partial charge < -0.3 is 10.5 Å². The molecule has 0 amide bonds. The molecule has 2 nitrogen and oxygen atoms in total. The van der Waals surface area contributed by atoms with Crippen molar-refractivity contribution in [2.45, 2.75) is 6.42 Å². The van der Waals surface area contributed by atoms with Gasteiger partial charge in [-0.05, 0) is 23.6 Å². The lowest BCUT2D eigenvalue weighted by Gasteiger charge is -2.09. The lowest BCUT2D eigenvalue weighted by Crippen LogP contribution is -2.02. The van der Waals surface area contributed by atoms with E-state index in [1.54, 1.807) is 7.11 Å². The van der Waals surface area contributed by atoms with Crippen LogP contribution in [0, 0.1) is 0 Å². The Morgan fingerprint density at radius 3 is 3.00 bits per heavy atom. The van der Waals surface area contributed by atoms with Crippen LogP contribution in [-0.2, 0) is 6.42 Å². The fourth-order valence-corrected chi connectivity index (χ4v) is 1.80. The molecular weight excluding hydrogens is 162 g/mol. The van der Waals surface area contributed by atoms with E-state index < -0.39 is 0 Å². The standard InChI is InChI=1S/C11H13NO/c1-13-10-4-2-3-8-5-6-9(7-12)11(8)10/h2-4,6H,5,7,12H2,1H3. The summed E-state index contributed by atoms with van der Waals surface area (Å²) in [5.41, 5.74) is 9.37. The molecule has 13 heavy (non-hydrogen) atoms. The SMILES string of the molecule is COc1cccc2c1C(CN)=CC2. The Kier molecular flexibility index (Phi) is 2.07. The molecule has 1 aliphatic carbocycles. The fourth-order valence-electron chi connectivity index (χ4n) is 1.80. The summed E-state index contributed by atoms with van der Waals surface area (Å²) in [5, 5.41) is 0. The first-order valence-electron chi connectivity index (χ1n) is 4.42. The molecule has 0 heterocycles. The minimum absolute atomic E-state index is 0.591. The van der Waals surface area contributed by atoms with Gasteiger partial charge in [0.15, 0.2) is 0 Å². The van der Waals surface area contributed by atoms with Crippen molar-refractivity contribution in [1.82, 2.24) is 0 Å². The van der Waals surface area contributed by atoms with E-state index in [-0.39, 0.29) is 0 Å². The molecule has 2 heteroatoms. The molecule has 1 aliphatic rings. The van der Waals surface area contributed by atoms with Crippen LogP contribution in [0.1, 0.15) is 11.1 Å². The molecule has 68 valence electrons. The highest BCUT2D eigenvalue weighted by atomic mass is 16.5. The zero-order valence-electron chi connectivity index (χ0n) is 7.71. The highest BCUT2D eigenvalue weighted by Gasteiger charge is 2.16. The summed E-state index contributed by atoms with van der Waals surface area (Å²) in [5.74, 6) is 0.937. The zero-order chi connectivity index (χ0) is 9.26. The van der Waals surface area contributed by atoms with Crippen LogP contribution in [0.3, 0.4) is 0 Å². The summed E-state index contributed by atoms with van der Waals surface area (Å²) < 4.78 is 5.29. The minimum atomic E-state index is 0.591.